The number of hydrogen-bond acceptors (Lipinski definition) is 2. The van der Waals surface area contributed by atoms with Crippen LogP contribution < -0.4 is 5.32 Å². The van der Waals surface area contributed by atoms with E-state index in [1.165, 1.54) is 44.9 Å². The van der Waals surface area contributed by atoms with Crippen molar-refractivity contribution in [3.05, 3.63) is 0 Å². The number of aliphatic hydroxyl groups is 1. The van der Waals surface area contributed by atoms with Crippen molar-refractivity contribution in [1.82, 2.24) is 5.32 Å². The quantitative estimate of drug-likeness (QED) is 0.792. The SMILES string of the molecule is CCC(C)(C)C1CCC(NCC2(O)CCCC2)CC1. The van der Waals surface area contributed by atoms with Crippen molar-refractivity contribution in [3.8, 4) is 0 Å². The minimum Gasteiger partial charge on any atom is -0.389 e. The van der Waals surface area contributed by atoms with E-state index in [0.717, 1.165) is 25.3 Å². The summed E-state index contributed by atoms with van der Waals surface area (Å²) < 4.78 is 0. The van der Waals surface area contributed by atoms with Crippen LogP contribution in [0.25, 0.3) is 0 Å². The van der Waals surface area contributed by atoms with E-state index >= 15 is 0 Å². The summed E-state index contributed by atoms with van der Waals surface area (Å²) in [5.41, 5.74) is 0.119. The first-order valence-corrected chi connectivity index (χ1v) is 8.41. The van der Waals surface area contributed by atoms with E-state index in [1.807, 2.05) is 0 Å². The van der Waals surface area contributed by atoms with Gasteiger partial charge in [-0.1, -0.05) is 40.0 Å². The summed E-state index contributed by atoms with van der Waals surface area (Å²) >= 11 is 0. The third-order valence-electron chi connectivity index (χ3n) is 6.00. The second-order valence-corrected chi connectivity index (χ2v) is 7.70. The normalized spacial score (nSPS) is 31.6. The number of rotatable bonds is 5. The van der Waals surface area contributed by atoms with Gasteiger partial charge in [0.25, 0.3) is 0 Å². The molecule has 0 spiro atoms. The lowest BCUT2D eigenvalue weighted by atomic mass is 9.69. The Morgan fingerprint density at radius 2 is 1.68 bits per heavy atom. The van der Waals surface area contributed by atoms with Crippen LogP contribution in [0.5, 0.6) is 0 Å². The zero-order valence-electron chi connectivity index (χ0n) is 13.2. The highest BCUT2D eigenvalue weighted by Gasteiger charge is 2.34. The van der Waals surface area contributed by atoms with E-state index < -0.39 is 0 Å². The molecule has 0 aliphatic heterocycles. The molecule has 0 saturated heterocycles. The van der Waals surface area contributed by atoms with E-state index in [2.05, 4.69) is 26.1 Å². The summed E-state index contributed by atoms with van der Waals surface area (Å²) in [6, 6.07) is 0.647. The molecule has 2 N–H and O–H groups in total. The van der Waals surface area contributed by atoms with Crippen LogP contribution in [-0.2, 0) is 0 Å². The van der Waals surface area contributed by atoms with Crippen LogP contribution >= 0.6 is 0 Å². The molecule has 2 rings (SSSR count). The third-order valence-corrected chi connectivity index (χ3v) is 6.00. The molecular weight excluding hydrogens is 234 g/mol. The van der Waals surface area contributed by atoms with Crippen molar-refractivity contribution in [3.63, 3.8) is 0 Å². The van der Waals surface area contributed by atoms with E-state index in [4.69, 9.17) is 0 Å². The van der Waals surface area contributed by atoms with Crippen LogP contribution in [0.3, 0.4) is 0 Å². The fourth-order valence-electron chi connectivity index (χ4n) is 3.91. The Morgan fingerprint density at radius 1 is 1.11 bits per heavy atom. The van der Waals surface area contributed by atoms with Gasteiger partial charge in [0.05, 0.1) is 5.60 Å². The topological polar surface area (TPSA) is 32.3 Å². The van der Waals surface area contributed by atoms with Crippen LogP contribution in [0, 0.1) is 11.3 Å². The molecule has 2 fully saturated rings. The van der Waals surface area contributed by atoms with Crippen molar-refractivity contribution in [2.45, 2.75) is 90.2 Å². The molecule has 112 valence electrons. The average molecular weight is 267 g/mol. The molecule has 2 heteroatoms. The lowest BCUT2D eigenvalue weighted by molar-refractivity contribution is 0.0406. The lowest BCUT2D eigenvalue weighted by Crippen LogP contribution is -2.44. The fraction of sp³-hybridized carbons (Fsp3) is 1.00. The van der Waals surface area contributed by atoms with Gasteiger partial charge in [0.2, 0.25) is 0 Å². The maximum Gasteiger partial charge on any atom is 0.0771 e. The van der Waals surface area contributed by atoms with Crippen molar-refractivity contribution < 1.29 is 5.11 Å². The van der Waals surface area contributed by atoms with Gasteiger partial charge in [-0.15, -0.1) is 0 Å². The molecule has 0 atom stereocenters. The largest absolute Gasteiger partial charge is 0.389 e. The Morgan fingerprint density at radius 3 is 2.21 bits per heavy atom. The van der Waals surface area contributed by atoms with Crippen LogP contribution in [0.2, 0.25) is 0 Å². The first-order valence-electron chi connectivity index (χ1n) is 8.41. The lowest BCUT2D eigenvalue weighted by Gasteiger charge is -2.39. The number of nitrogens with one attached hydrogen (secondary N) is 1. The van der Waals surface area contributed by atoms with Crippen LogP contribution in [-0.4, -0.2) is 23.3 Å². The van der Waals surface area contributed by atoms with Crippen molar-refractivity contribution in [1.29, 1.82) is 0 Å². The Balaban J connectivity index is 1.72. The monoisotopic (exact) mass is 267 g/mol. The Kier molecular flexibility index (Phi) is 4.94. The smallest absolute Gasteiger partial charge is 0.0771 e. The van der Waals surface area contributed by atoms with Crippen molar-refractivity contribution in [2.24, 2.45) is 11.3 Å². The minimum atomic E-state index is -0.389. The van der Waals surface area contributed by atoms with Gasteiger partial charge in [0, 0.05) is 12.6 Å². The second kappa shape index (κ2) is 6.13. The molecule has 0 amide bonds. The molecule has 0 aromatic heterocycles. The molecule has 19 heavy (non-hydrogen) atoms. The molecule has 2 saturated carbocycles. The van der Waals surface area contributed by atoms with E-state index in [0.29, 0.717) is 11.5 Å². The highest BCUT2D eigenvalue weighted by Crippen LogP contribution is 2.40. The third kappa shape index (κ3) is 3.95. The van der Waals surface area contributed by atoms with Gasteiger partial charge >= 0.3 is 0 Å². The first kappa shape index (κ1) is 15.3. The highest BCUT2D eigenvalue weighted by atomic mass is 16.3. The molecule has 0 unspecified atom stereocenters. The summed E-state index contributed by atoms with van der Waals surface area (Å²) in [4.78, 5) is 0. The Labute approximate surface area is 119 Å². The maximum atomic E-state index is 10.4. The van der Waals surface area contributed by atoms with E-state index in [1.54, 1.807) is 0 Å². The summed E-state index contributed by atoms with van der Waals surface area (Å²) in [7, 11) is 0. The average Bonchev–Trinajstić information content (AvgIpc) is 2.84. The fourth-order valence-corrected chi connectivity index (χ4v) is 3.91. The minimum absolute atomic E-state index is 0.389. The molecule has 2 aliphatic carbocycles. The molecule has 2 aliphatic rings. The van der Waals surface area contributed by atoms with Gasteiger partial charge in [-0.05, 0) is 49.9 Å². The molecule has 0 heterocycles. The van der Waals surface area contributed by atoms with Gasteiger partial charge in [0.1, 0.15) is 0 Å². The standard InChI is InChI=1S/C17H33NO/c1-4-16(2,3)14-7-9-15(10-8-14)18-13-17(19)11-5-6-12-17/h14-15,18-19H,4-13H2,1-3H3. The van der Waals surface area contributed by atoms with Gasteiger partial charge in [0.15, 0.2) is 0 Å². The summed E-state index contributed by atoms with van der Waals surface area (Å²) in [5, 5.41) is 14.0. The zero-order valence-corrected chi connectivity index (χ0v) is 13.2. The molecule has 0 radical (unpaired) electrons. The van der Waals surface area contributed by atoms with E-state index in [-0.39, 0.29) is 5.60 Å². The molecular formula is C17H33NO. The Bertz CT molecular complexity index is 273. The van der Waals surface area contributed by atoms with Gasteiger partial charge in [-0.3, -0.25) is 0 Å². The molecule has 0 bridgehead atoms. The number of hydrogen-bond donors (Lipinski definition) is 2. The van der Waals surface area contributed by atoms with Crippen LogP contribution in [0.15, 0.2) is 0 Å². The molecule has 0 aromatic carbocycles. The first-order chi connectivity index (χ1) is 8.95. The second-order valence-electron chi connectivity index (χ2n) is 7.70. The maximum absolute atomic E-state index is 10.4. The van der Waals surface area contributed by atoms with Crippen LogP contribution in [0.1, 0.15) is 78.6 Å². The van der Waals surface area contributed by atoms with Crippen molar-refractivity contribution in [2.75, 3.05) is 6.54 Å². The highest BCUT2D eigenvalue weighted by molar-refractivity contribution is 4.90. The molecule has 2 nitrogen and oxygen atoms in total. The van der Waals surface area contributed by atoms with Crippen LogP contribution in [0.4, 0.5) is 0 Å². The Hall–Kier alpha value is -0.0800. The summed E-state index contributed by atoms with van der Waals surface area (Å²) in [5.74, 6) is 0.894. The van der Waals surface area contributed by atoms with Crippen molar-refractivity contribution >= 4 is 0 Å². The van der Waals surface area contributed by atoms with Gasteiger partial charge in [-0.25, -0.2) is 0 Å². The zero-order chi connectivity index (χ0) is 13.9. The van der Waals surface area contributed by atoms with Gasteiger partial charge < -0.3 is 10.4 Å². The van der Waals surface area contributed by atoms with E-state index in [9.17, 15) is 5.11 Å². The summed E-state index contributed by atoms with van der Waals surface area (Å²) in [6.45, 7) is 7.98. The predicted octanol–water partition coefficient (Wildman–Crippen LogP) is 3.88. The summed E-state index contributed by atoms with van der Waals surface area (Å²) in [6.07, 6.45) is 11.0. The molecule has 0 aromatic rings. The predicted molar refractivity (Wildman–Crippen MR) is 81.2 cm³/mol. The van der Waals surface area contributed by atoms with Gasteiger partial charge in [-0.2, -0.15) is 0 Å².